The summed E-state index contributed by atoms with van der Waals surface area (Å²) in [5.41, 5.74) is 2.66. The van der Waals surface area contributed by atoms with Gasteiger partial charge in [-0.1, -0.05) is 60.7 Å². The van der Waals surface area contributed by atoms with Gasteiger partial charge in [-0.2, -0.15) is 0 Å². The van der Waals surface area contributed by atoms with Crippen LogP contribution < -0.4 is 10.6 Å². The molecular formula is C28H27N3O4. The fourth-order valence-electron chi connectivity index (χ4n) is 4.25. The van der Waals surface area contributed by atoms with E-state index in [1.165, 1.54) is 4.90 Å². The lowest BCUT2D eigenvalue weighted by atomic mass is 10.00. The molecule has 2 atom stereocenters. The minimum atomic E-state index is -0.818. The first-order valence-corrected chi connectivity index (χ1v) is 11.8. The van der Waals surface area contributed by atoms with Crippen molar-refractivity contribution in [3.8, 4) is 0 Å². The lowest BCUT2D eigenvalue weighted by Gasteiger charge is -2.24. The molecule has 5 rings (SSSR count). The fraction of sp³-hybridized carbons (Fsp3) is 0.250. The molecule has 178 valence electrons. The molecule has 0 aromatic heterocycles. The molecule has 1 aliphatic heterocycles. The standard InChI is InChI=1S/C28H27N3O4/c32-26(21-10-5-2-6-11-21)30-23-13-7-12-22(16-23)25-24(27(33)29-17-19-14-15-19)31(28(34)35-25)18-20-8-3-1-4-9-20/h1-13,16,19,24-25H,14-15,17-18H2,(H,29,33)(H,30,32). The Kier molecular flexibility index (Phi) is 6.48. The molecule has 3 aromatic rings. The first-order valence-electron chi connectivity index (χ1n) is 11.8. The highest BCUT2D eigenvalue weighted by Crippen LogP contribution is 2.35. The molecule has 2 unspecified atom stereocenters. The molecule has 3 amide bonds. The lowest BCUT2D eigenvalue weighted by molar-refractivity contribution is -0.126. The van der Waals surface area contributed by atoms with Gasteiger partial charge in [-0.3, -0.25) is 14.5 Å². The van der Waals surface area contributed by atoms with E-state index in [0.29, 0.717) is 29.3 Å². The van der Waals surface area contributed by atoms with Gasteiger partial charge in [-0.15, -0.1) is 0 Å². The van der Waals surface area contributed by atoms with Crippen molar-refractivity contribution < 1.29 is 19.1 Å². The molecule has 7 heteroatoms. The summed E-state index contributed by atoms with van der Waals surface area (Å²) in [6, 6.07) is 24.8. The van der Waals surface area contributed by atoms with E-state index in [0.717, 1.165) is 18.4 Å². The van der Waals surface area contributed by atoms with Crippen LogP contribution in [0.1, 0.15) is 40.4 Å². The SMILES string of the molecule is O=C(Nc1cccc(C2OC(=O)N(Cc3ccccc3)C2C(=O)NCC2CC2)c1)c1ccccc1. The fourth-order valence-corrected chi connectivity index (χ4v) is 4.25. The molecule has 1 saturated heterocycles. The average Bonchev–Trinajstić information content (AvgIpc) is 3.66. The highest BCUT2D eigenvalue weighted by molar-refractivity contribution is 6.04. The normalized spacial score (nSPS) is 19.2. The summed E-state index contributed by atoms with van der Waals surface area (Å²) in [5, 5.41) is 5.89. The van der Waals surface area contributed by atoms with Crippen LogP contribution in [0.4, 0.5) is 10.5 Å². The van der Waals surface area contributed by atoms with Gasteiger partial charge in [0.25, 0.3) is 5.91 Å². The summed E-state index contributed by atoms with van der Waals surface area (Å²) in [6.07, 6.45) is 0.893. The molecule has 0 spiro atoms. The number of rotatable bonds is 8. The predicted molar refractivity (Wildman–Crippen MR) is 132 cm³/mol. The Morgan fingerprint density at radius 2 is 1.63 bits per heavy atom. The summed E-state index contributed by atoms with van der Waals surface area (Å²) in [5.74, 6) is 0.0347. The van der Waals surface area contributed by atoms with Crippen LogP contribution >= 0.6 is 0 Å². The van der Waals surface area contributed by atoms with E-state index >= 15 is 0 Å². The van der Waals surface area contributed by atoms with Crippen molar-refractivity contribution >= 4 is 23.6 Å². The second kappa shape index (κ2) is 10.0. The smallest absolute Gasteiger partial charge is 0.411 e. The van der Waals surface area contributed by atoms with Gasteiger partial charge in [-0.05, 0) is 54.2 Å². The molecule has 2 N–H and O–H groups in total. The van der Waals surface area contributed by atoms with Crippen LogP contribution in [0.5, 0.6) is 0 Å². The number of benzene rings is 3. The van der Waals surface area contributed by atoms with Gasteiger partial charge >= 0.3 is 6.09 Å². The topological polar surface area (TPSA) is 87.7 Å². The zero-order valence-electron chi connectivity index (χ0n) is 19.2. The highest BCUT2D eigenvalue weighted by atomic mass is 16.6. The zero-order valence-corrected chi connectivity index (χ0v) is 19.2. The minimum absolute atomic E-state index is 0.234. The van der Waals surface area contributed by atoms with E-state index in [1.54, 1.807) is 42.5 Å². The molecule has 0 bridgehead atoms. The lowest BCUT2D eigenvalue weighted by Crippen LogP contribution is -2.46. The van der Waals surface area contributed by atoms with Crippen molar-refractivity contribution in [2.75, 3.05) is 11.9 Å². The molecule has 1 heterocycles. The Labute approximate surface area is 204 Å². The Hall–Kier alpha value is -4.13. The maximum Gasteiger partial charge on any atom is 0.411 e. The van der Waals surface area contributed by atoms with Crippen molar-refractivity contribution in [2.24, 2.45) is 5.92 Å². The van der Waals surface area contributed by atoms with Crippen molar-refractivity contribution in [2.45, 2.75) is 31.5 Å². The van der Waals surface area contributed by atoms with Crippen LogP contribution in [0.15, 0.2) is 84.9 Å². The van der Waals surface area contributed by atoms with Gasteiger partial charge in [0, 0.05) is 17.8 Å². The molecule has 3 aromatic carbocycles. The van der Waals surface area contributed by atoms with Crippen molar-refractivity contribution in [1.29, 1.82) is 0 Å². The molecule has 35 heavy (non-hydrogen) atoms. The van der Waals surface area contributed by atoms with Crippen LogP contribution in [0.25, 0.3) is 0 Å². The van der Waals surface area contributed by atoms with Crippen molar-refractivity contribution in [3.05, 3.63) is 102 Å². The summed E-state index contributed by atoms with van der Waals surface area (Å²) >= 11 is 0. The molecule has 7 nitrogen and oxygen atoms in total. The van der Waals surface area contributed by atoms with E-state index in [-0.39, 0.29) is 18.4 Å². The molecule has 1 aliphatic carbocycles. The van der Waals surface area contributed by atoms with E-state index < -0.39 is 18.2 Å². The number of ether oxygens (including phenoxy) is 1. The van der Waals surface area contributed by atoms with E-state index in [4.69, 9.17) is 4.74 Å². The third-order valence-electron chi connectivity index (χ3n) is 6.32. The number of amides is 3. The molecule has 0 radical (unpaired) electrons. The van der Waals surface area contributed by atoms with Gasteiger partial charge in [0.15, 0.2) is 12.1 Å². The van der Waals surface area contributed by atoms with Gasteiger partial charge in [0.2, 0.25) is 5.91 Å². The average molecular weight is 470 g/mol. The zero-order chi connectivity index (χ0) is 24.2. The van der Waals surface area contributed by atoms with Crippen LogP contribution in [-0.2, 0) is 16.1 Å². The summed E-state index contributed by atoms with van der Waals surface area (Å²) in [6.45, 7) is 0.866. The monoisotopic (exact) mass is 469 g/mol. The van der Waals surface area contributed by atoms with E-state index in [1.807, 2.05) is 42.5 Å². The third-order valence-corrected chi connectivity index (χ3v) is 6.32. The number of nitrogens with zero attached hydrogens (tertiary/aromatic N) is 1. The van der Waals surface area contributed by atoms with E-state index in [9.17, 15) is 14.4 Å². The van der Waals surface area contributed by atoms with Gasteiger partial charge < -0.3 is 15.4 Å². The molecule has 2 aliphatic rings. The number of carbonyl (C=O) groups is 3. The summed E-state index contributed by atoms with van der Waals surface area (Å²) in [7, 11) is 0. The number of carbonyl (C=O) groups excluding carboxylic acids is 3. The quantitative estimate of drug-likeness (QED) is 0.508. The largest absolute Gasteiger partial charge is 0.438 e. The number of hydrogen-bond acceptors (Lipinski definition) is 4. The second-order valence-electron chi connectivity index (χ2n) is 9.00. The minimum Gasteiger partial charge on any atom is -0.438 e. The van der Waals surface area contributed by atoms with Crippen LogP contribution in [-0.4, -0.2) is 35.4 Å². The van der Waals surface area contributed by atoms with Gasteiger partial charge in [-0.25, -0.2) is 4.79 Å². The predicted octanol–water partition coefficient (Wildman–Crippen LogP) is 4.53. The molecule has 1 saturated carbocycles. The molecule has 2 fully saturated rings. The summed E-state index contributed by atoms with van der Waals surface area (Å²) < 4.78 is 5.75. The first-order chi connectivity index (χ1) is 17.1. The first kappa shape index (κ1) is 22.7. The third kappa shape index (κ3) is 5.35. The Bertz CT molecular complexity index is 1210. The number of anilines is 1. The maximum absolute atomic E-state index is 13.3. The highest BCUT2D eigenvalue weighted by Gasteiger charge is 2.47. The Morgan fingerprint density at radius 3 is 2.34 bits per heavy atom. The van der Waals surface area contributed by atoms with Crippen LogP contribution in [0.2, 0.25) is 0 Å². The van der Waals surface area contributed by atoms with Gasteiger partial charge in [0.1, 0.15) is 0 Å². The van der Waals surface area contributed by atoms with Crippen molar-refractivity contribution in [1.82, 2.24) is 10.2 Å². The number of nitrogens with one attached hydrogen (secondary N) is 2. The maximum atomic E-state index is 13.3. The Balaban J connectivity index is 1.39. The second-order valence-corrected chi connectivity index (χ2v) is 9.00. The Morgan fingerprint density at radius 1 is 0.914 bits per heavy atom. The summed E-state index contributed by atoms with van der Waals surface area (Å²) in [4.78, 5) is 40.3. The van der Waals surface area contributed by atoms with Crippen LogP contribution in [0, 0.1) is 5.92 Å². The molecular weight excluding hydrogens is 442 g/mol. The van der Waals surface area contributed by atoms with Crippen molar-refractivity contribution in [3.63, 3.8) is 0 Å². The number of hydrogen-bond donors (Lipinski definition) is 2. The van der Waals surface area contributed by atoms with E-state index in [2.05, 4.69) is 10.6 Å². The number of cyclic esters (lactones) is 1. The van der Waals surface area contributed by atoms with Crippen LogP contribution in [0.3, 0.4) is 0 Å². The van der Waals surface area contributed by atoms with Gasteiger partial charge in [0.05, 0.1) is 6.54 Å².